The van der Waals surface area contributed by atoms with Crippen molar-refractivity contribution in [1.82, 2.24) is 29.9 Å². The molecule has 0 spiro atoms. The Morgan fingerprint density at radius 2 is 2.03 bits per heavy atom. The number of nitrogens with zero attached hydrogens (tertiary/aromatic N) is 5. The molecule has 1 aliphatic rings. The number of amides is 1. The van der Waals surface area contributed by atoms with Crippen LogP contribution in [0.15, 0.2) is 53.5 Å². The number of aromatic nitrogens is 5. The van der Waals surface area contributed by atoms with Gasteiger partial charge in [0.1, 0.15) is 17.0 Å². The topological polar surface area (TPSA) is 132 Å². The van der Waals surface area contributed by atoms with Gasteiger partial charge in [0.25, 0.3) is 5.56 Å². The maximum atomic E-state index is 12.7. The van der Waals surface area contributed by atoms with E-state index in [1.807, 2.05) is 24.3 Å². The number of piperidine rings is 1. The molecule has 10 nitrogen and oxygen atoms in total. The largest absolute Gasteiger partial charge is 0.439 e. The Kier molecular flexibility index (Phi) is 5.02. The minimum atomic E-state index is -0.369. The van der Waals surface area contributed by atoms with Gasteiger partial charge in [-0.1, -0.05) is 6.07 Å². The fourth-order valence-corrected chi connectivity index (χ4v) is 4.07. The van der Waals surface area contributed by atoms with Crippen molar-refractivity contribution in [3.05, 3.63) is 59.0 Å². The predicted octanol–water partition coefficient (Wildman–Crippen LogP) is 2.35. The van der Waals surface area contributed by atoms with Gasteiger partial charge in [-0.05, 0) is 43.2 Å². The number of nitrogen functional groups attached to an aromatic ring is 1. The number of ether oxygens (including phenoxy) is 1. The van der Waals surface area contributed by atoms with Gasteiger partial charge in [0, 0.05) is 30.9 Å². The van der Waals surface area contributed by atoms with Crippen LogP contribution in [0.4, 0.5) is 5.82 Å². The number of pyridine rings is 1. The molecule has 162 valence electrons. The van der Waals surface area contributed by atoms with Crippen molar-refractivity contribution >= 4 is 23.1 Å². The van der Waals surface area contributed by atoms with Crippen LogP contribution in [0, 0.1) is 0 Å². The van der Waals surface area contributed by atoms with Crippen LogP contribution in [-0.4, -0.2) is 49.4 Å². The Bertz CT molecular complexity index is 1320. The van der Waals surface area contributed by atoms with E-state index < -0.39 is 0 Å². The molecule has 3 N–H and O–H groups in total. The van der Waals surface area contributed by atoms with Crippen molar-refractivity contribution in [3.8, 4) is 22.9 Å². The van der Waals surface area contributed by atoms with Gasteiger partial charge in [-0.15, -0.1) is 0 Å². The average molecular weight is 431 g/mol. The molecule has 1 aromatic carbocycles. The Labute approximate surface area is 182 Å². The summed E-state index contributed by atoms with van der Waals surface area (Å²) in [4.78, 5) is 29.8. The molecular formula is C22H21N7O3. The van der Waals surface area contributed by atoms with Crippen LogP contribution in [-0.2, 0) is 4.79 Å². The summed E-state index contributed by atoms with van der Waals surface area (Å²) < 4.78 is 7.45. The zero-order chi connectivity index (χ0) is 22.1. The molecule has 1 aliphatic heterocycles. The molecule has 3 aromatic heterocycles. The van der Waals surface area contributed by atoms with E-state index in [2.05, 4.69) is 15.2 Å². The number of hydrogen-bond donors (Lipinski definition) is 2. The lowest BCUT2D eigenvalue weighted by molar-refractivity contribution is -0.119. The Balaban J connectivity index is 1.56. The zero-order valence-corrected chi connectivity index (χ0v) is 17.1. The first kappa shape index (κ1) is 19.7. The minimum Gasteiger partial charge on any atom is -0.439 e. The summed E-state index contributed by atoms with van der Waals surface area (Å²) in [5, 5.41) is 11.7. The van der Waals surface area contributed by atoms with Crippen LogP contribution < -0.4 is 16.0 Å². The molecule has 5 rings (SSSR count). The number of likely N-dealkylation sites (tertiary alicyclic amines) is 1. The van der Waals surface area contributed by atoms with Crippen LogP contribution in [0.2, 0.25) is 0 Å². The lowest BCUT2D eigenvalue weighted by atomic mass is 10.1. The fraction of sp³-hybridized carbons (Fsp3) is 0.227. The van der Waals surface area contributed by atoms with Crippen LogP contribution in [0.25, 0.3) is 22.2 Å². The molecule has 0 radical (unpaired) electrons. The minimum absolute atomic E-state index is 0.125. The van der Waals surface area contributed by atoms with E-state index in [4.69, 9.17) is 15.6 Å². The van der Waals surface area contributed by atoms with Crippen molar-refractivity contribution in [1.29, 1.82) is 0 Å². The number of nitrogens with two attached hydrogens (primary N) is 1. The molecule has 4 aromatic rings. The van der Waals surface area contributed by atoms with E-state index in [-0.39, 0.29) is 17.4 Å². The summed E-state index contributed by atoms with van der Waals surface area (Å²) in [6, 6.07) is 12.6. The van der Waals surface area contributed by atoms with Gasteiger partial charge in [-0.25, -0.2) is 10.1 Å². The molecule has 0 bridgehead atoms. The quantitative estimate of drug-likeness (QED) is 0.464. The highest BCUT2D eigenvalue weighted by Gasteiger charge is 2.27. The number of carbonyl (C=O) groups excluding carboxylic acids is 1. The van der Waals surface area contributed by atoms with Gasteiger partial charge in [-0.2, -0.15) is 10.2 Å². The highest BCUT2D eigenvalue weighted by Crippen LogP contribution is 2.34. The molecule has 1 saturated heterocycles. The first-order valence-corrected chi connectivity index (χ1v) is 10.3. The Morgan fingerprint density at radius 3 is 2.78 bits per heavy atom. The molecule has 4 heterocycles. The summed E-state index contributed by atoms with van der Waals surface area (Å²) in [6.45, 7) is 1.18. The van der Waals surface area contributed by atoms with E-state index in [9.17, 15) is 9.59 Å². The third kappa shape index (κ3) is 3.55. The van der Waals surface area contributed by atoms with Crippen molar-refractivity contribution in [2.45, 2.75) is 18.9 Å². The number of nitrogens with one attached hydrogen (secondary N) is 1. The highest BCUT2D eigenvalue weighted by atomic mass is 16.5. The number of H-pyrrole nitrogens is 1. The second kappa shape index (κ2) is 8.14. The monoisotopic (exact) mass is 431 g/mol. The van der Waals surface area contributed by atoms with E-state index >= 15 is 0 Å². The second-order valence-corrected chi connectivity index (χ2v) is 7.65. The van der Waals surface area contributed by atoms with Crippen molar-refractivity contribution < 1.29 is 9.53 Å². The van der Waals surface area contributed by atoms with Crippen molar-refractivity contribution in [2.75, 3.05) is 18.8 Å². The van der Waals surface area contributed by atoms with E-state index in [0.29, 0.717) is 41.3 Å². The van der Waals surface area contributed by atoms with Crippen molar-refractivity contribution in [2.24, 2.45) is 0 Å². The third-order valence-corrected chi connectivity index (χ3v) is 5.57. The predicted molar refractivity (Wildman–Crippen MR) is 118 cm³/mol. The standard InChI is InChI=1S/C22H21N7O3/c23-21-18-19(14-6-8-16(9-7-14)32-17-5-1-2-10-24-17)27-29(20(18)22(31)26-25-21)15-4-3-11-28(12-15)13-30/h1-2,5-10,13,15H,3-4,11-12H2,(H2,23,25)(H,26,31). The summed E-state index contributed by atoms with van der Waals surface area (Å²) in [7, 11) is 0. The number of carbonyl (C=O) groups is 1. The second-order valence-electron chi connectivity index (χ2n) is 7.65. The van der Waals surface area contributed by atoms with Gasteiger partial charge in [0.15, 0.2) is 5.82 Å². The number of fused-ring (bicyclic) bond motifs is 1. The highest BCUT2D eigenvalue weighted by molar-refractivity contribution is 5.99. The molecule has 0 saturated carbocycles. The molecule has 0 aliphatic carbocycles. The first-order valence-electron chi connectivity index (χ1n) is 10.3. The van der Waals surface area contributed by atoms with Gasteiger partial charge in [-0.3, -0.25) is 14.3 Å². The molecule has 1 fully saturated rings. The van der Waals surface area contributed by atoms with Crippen LogP contribution in [0.1, 0.15) is 18.9 Å². The maximum Gasteiger partial charge on any atom is 0.290 e. The van der Waals surface area contributed by atoms with Gasteiger partial charge >= 0.3 is 0 Å². The number of anilines is 1. The number of aromatic amines is 1. The Hall–Kier alpha value is -4.21. The van der Waals surface area contributed by atoms with Gasteiger partial charge in [0.05, 0.1) is 11.4 Å². The summed E-state index contributed by atoms with van der Waals surface area (Å²) >= 11 is 0. The molecule has 10 heteroatoms. The normalized spacial score (nSPS) is 16.2. The summed E-state index contributed by atoms with van der Waals surface area (Å²) in [6.07, 6.45) is 4.13. The van der Waals surface area contributed by atoms with Crippen LogP contribution in [0.5, 0.6) is 11.6 Å². The molecular weight excluding hydrogens is 410 g/mol. The first-order chi connectivity index (χ1) is 15.6. The smallest absolute Gasteiger partial charge is 0.290 e. The van der Waals surface area contributed by atoms with Crippen LogP contribution >= 0.6 is 0 Å². The Morgan fingerprint density at radius 1 is 1.19 bits per heavy atom. The number of hydrogen-bond acceptors (Lipinski definition) is 7. The zero-order valence-electron chi connectivity index (χ0n) is 17.1. The molecule has 1 amide bonds. The lowest BCUT2D eigenvalue weighted by Crippen LogP contribution is -2.36. The van der Waals surface area contributed by atoms with E-state index in [1.54, 1.807) is 34.0 Å². The average Bonchev–Trinajstić information content (AvgIpc) is 3.25. The van der Waals surface area contributed by atoms with Crippen LogP contribution in [0.3, 0.4) is 0 Å². The molecule has 1 unspecified atom stereocenters. The van der Waals surface area contributed by atoms with E-state index in [0.717, 1.165) is 24.8 Å². The summed E-state index contributed by atoms with van der Waals surface area (Å²) in [5.41, 5.74) is 7.48. The number of rotatable bonds is 5. The lowest BCUT2D eigenvalue weighted by Gasteiger charge is -2.30. The SMILES string of the molecule is Nc1n[nH]c(=O)c2c1c(-c1ccc(Oc3ccccn3)cc1)nn2C1CCCN(C=O)C1. The van der Waals surface area contributed by atoms with Gasteiger partial charge in [0.2, 0.25) is 12.3 Å². The van der Waals surface area contributed by atoms with E-state index in [1.165, 1.54) is 0 Å². The van der Waals surface area contributed by atoms with Crippen molar-refractivity contribution in [3.63, 3.8) is 0 Å². The maximum absolute atomic E-state index is 12.7. The molecule has 1 atom stereocenters. The fourth-order valence-electron chi connectivity index (χ4n) is 4.07. The summed E-state index contributed by atoms with van der Waals surface area (Å²) in [5.74, 6) is 1.30. The molecule has 32 heavy (non-hydrogen) atoms. The number of benzene rings is 1. The van der Waals surface area contributed by atoms with Gasteiger partial charge < -0.3 is 15.4 Å². The third-order valence-electron chi connectivity index (χ3n) is 5.57.